The zero-order chi connectivity index (χ0) is 24.2. The van der Waals surface area contributed by atoms with E-state index in [4.69, 9.17) is 28.4 Å². The fourth-order valence-electron chi connectivity index (χ4n) is 2.99. The van der Waals surface area contributed by atoms with E-state index in [-0.39, 0.29) is 16.8 Å². The Kier molecular flexibility index (Phi) is 12.2. The van der Waals surface area contributed by atoms with Gasteiger partial charge in [0.25, 0.3) is 0 Å². The molecular weight excluding hydrogens is 412 g/mol. The molecule has 0 unspecified atom stereocenters. The summed E-state index contributed by atoms with van der Waals surface area (Å²) in [6.07, 6.45) is 0. The molecule has 0 spiro atoms. The summed E-state index contributed by atoms with van der Waals surface area (Å²) in [6, 6.07) is 3.92. The van der Waals surface area contributed by atoms with Crippen LogP contribution in [0.25, 0.3) is 0 Å². The third-order valence-corrected chi connectivity index (χ3v) is 4.61. The molecule has 1 aromatic carbocycles. The quantitative estimate of drug-likeness (QED) is 0.236. The molecule has 0 aliphatic carbocycles. The number of benzene rings is 1. The van der Waals surface area contributed by atoms with Crippen molar-refractivity contribution in [2.24, 2.45) is 0 Å². The van der Waals surface area contributed by atoms with Crippen LogP contribution in [0.1, 0.15) is 59.6 Å². The number of rotatable bonds is 14. The molecule has 0 bridgehead atoms. The third kappa shape index (κ3) is 10.8. The molecule has 0 saturated carbocycles. The van der Waals surface area contributed by atoms with Crippen LogP contribution in [0.3, 0.4) is 0 Å². The lowest BCUT2D eigenvalue weighted by atomic mass is 9.81. The van der Waals surface area contributed by atoms with E-state index in [0.29, 0.717) is 58.6 Å². The van der Waals surface area contributed by atoms with Crippen molar-refractivity contribution in [2.75, 3.05) is 60.0 Å². The van der Waals surface area contributed by atoms with Gasteiger partial charge in [-0.15, -0.1) is 0 Å². The van der Waals surface area contributed by atoms with Gasteiger partial charge in [-0.1, -0.05) is 41.5 Å². The van der Waals surface area contributed by atoms with Crippen LogP contribution in [0.5, 0.6) is 11.5 Å². The summed E-state index contributed by atoms with van der Waals surface area (Å²) in [5.41, 5.74) is 1.53. The maximum atomic E-state index is 11.6. The van der Waals surface area contributed by atoms with Crippen molar-refractivity contribution in [1.29, 1.82) is 0 Å². The molecule has 0 fully saturated rings. The summed E-state index contributed by atoms with van der Waals surface area (Å²) in [5.74, 6) is 1.04. The Morgan fingerprint density at radius 2 is 1.09 bits per heavy atom. The van der Waals surface area contributed by atoms with Crippen LogP contribution >= 0.6 is 0 Å². The van der Waals surface area contributed by atoms with Gasteiger partial charge in [0.05, 0.1) is 46.2 Å². The van der Waals surface area contributed by atoms with Crippen molar-refractivity contribution in [3.63, 3.8) is 0 Å². The van der Waals surface area contributed by atoms with Gasteiger partial charge < -0.3 is 28.4 Å². The zero-order valence-electron chi connectivity index (χ0n) is 21.2. The van der Waals surface area contributed by atoms with E-state index in [1.165, 1.54) is 6.92 Å². The number of ether oxygens (including phenoxy) is 6. The summed E-state index contributed by atoms with van der Waals surface area (Å²) in [7, 11) is 1.65. The van der Waals surface area contributed by atoms with Gasteiger partial charge >= 0.3 is 5.97 Å². The van der Waals surface area contributed by atoms with Crippen LogP contribution in [0, 0.1) is 0 Å². The number of carbonyl (C=O) groups excluding carboxylic acids is 1. The largest absolute Gasteiger partial charge is 0.491 e. The van der Waals surface area contributed by atoms with Crippen molar-refractivity contribution in [3.8, 4) is 11.5 Å². The molecule has 0 aromatic heterocycles. The Bertz CT molecular complexity index is 687. The van der Waals surface area contributed by atoms with Crippen LogP contribution in [-0.4, -0.2) is 65.9 Å². The van der Waals surface area contributed by atoms with Crippen LogP contribution in [0.15, 0.2) is 12.1 Å². The highest BCUT2D eigenvalue weighted by Crippen LogP contribution is 2.41. The third-order valence-electron chi connectivity index (χ3n) is 4.61. The lowest BCUT2D eigenvalue weighted by molar-refractivity contribution is -0.131. The van der Waals surface area contributed by atoms with Crippen molar-refractivity contribution in [1.82, 2.24) is 0 Å². The second-order valence-corrected chi connectivity index (χ2v) is 9.62. The first-order chi connectivity index (χ1) is 15.0. The van der Waals surface area contributed by atoms with Crippen LogP contribution < -0.4 is 9.47 Å². The first kappa shape index (κ1) is 28.4. The molecule has 0 amide bonds. The predicted molar refractivity (Wildman–Crippen MR) is 125 cm³/mol. The lowest BCUT2D eigenvalue weighted by Gasteiger charge is -2.28. The molecule has 184 valence electrons. The van der Waals surface area contributed by atoms with Crippen molar-refractivity contribution in [3.05, 3.63) is 23.3 Å². The molecule has 0 aliphatic rings. The van der Waals surface area contributed by atoms with Crippen LogP contribution in [0.4, 0.5) is 0 Å². The second-order valence-electron chi connectivity index (χ2n) is 9.62. The highest BCUT2D eigenvalue weighted by atomic mass is 16.6. The molecule has 0 heterocycles. The molecule has 0 atom stereocenters. The number of methoxy groups -OCH3 is 1. The molecule has 1 aromatic rings. The Labute approximate surface area is 193 Å². The van der Waals surface area contributed by atoms with Gasteiger partial charge in [0, 0.05) is 25.2 Å². The molecule has 0 N–H and O–H groups in total. The minimum absolute atomic E-state index is 0.180. The SMILES string of the molecule is COCCOCCOCCOCCOc1cc(C(C)(C)C)c(OC(C)=O)cc1C(C)(C)C. The summed E-state index contributed by atoms with van der Waals surface area (Å²) in [5, 5.41) is 0. The Morgan fingerprint density at radius 1 is 0.688 bits per heavy atom. The Hall–Kier alpha value is -1.67. The van der Waals surface area contributed by atoms with Gasteiger partial charge in [0.15, 0.2) is 0 Å². The fourth-order valence-corrected chi connectivity index (χ4v) is 2.99. The summed E-state index contributed by atoms with van der Waals surface area (Å²) < 4.78 is 33.0. The Morgan fingerprint density at radius 3 is 1.53 bits per heavy atom. The van der Waals surface area contributed by atoms with E-state index >= 15 is 0 Å². The van der Waals surface area contributed by atoms with E-state index < -0.39 is 0 Å². The minimum Gasteiger partial charge on any atom is -0.491 e. The van der Waals surface area contributed by atoms with Gasteiger partial charge in [-0.25, -0.2) is 0 Å². The molecule has 7 nitrogen and oxygen atoms in total. The number of hydrogen-bond donors (Lipinski definition) is 0. The fraction of sp³-hybridized carbons (Fsp3) is 0.720. The average Bonchev–Trinajstić information content (AvgIpc) is 2.67. The minimum atomic E-state index is -0.332. The highest BCUT2D eigenvalue weighted by Gasteiger charge is 2.27. The molecular formula is C25H42O7. The zero-order valence-corrected chi connectivity index (χ0v) is 21.2. The van der Waals surface area contributed by atoms with Gasteiger partial charge in [-0.05, 0) is 23.0 Å². The Balaban J connectivity index is 2.61. The number of carbonyl (C=O) groups is 1. The normalized spacial score (nSPS) is 12.1. The van der Waals surface area contributed by atoms with Crippen molar-refractivity contribution in [2.45, 2.75) is 59.3 Å². The molecule has 0 radical (unpaired) electrons. The van der Waals surface area contributed by atoms with E-state index in [2.05, 4.69) is 41.5 Å². The smallest absolute Gasteiger partial charge is 0.308 e. The molecule has 7 heteroatoms. The summed E-state index contributed by atoms with van der Waals surface area (Å²) >= 11 is 0. The average molecular weight is 455 g/mol. The van der Waals surface area contributed by atoms with Crippen LogP contribution in [-0.2, 0) is 34.6 Å². The van der Waals surface area contributed by atoms with E-state index in [1.54, 1.807) is 7.11 Å². The van der Waals surface area contributed by atoms with Gasteiger partial charge in [-0.2, -0.15) is 0 Å². The van der Waals surface area contributed by atoms with E-state index in [9.17, 15) is 4.79 Å². The highest BCUT2D eigenvalue weighted by molar-refractivity contribution is 5.70. The van der Waals surface area contributed by atoms with Gasteiger partial charge in [0.2, 0.25) is 0 Å². The molecule has 32 heavy (non-hydrogen) atoms. The first-order valence-electron chi connectivity index (χ1n) is 11.2. The van der Waals surface area contributed by atoms with Crippen molar-refractivity contribution < 1.29 is 33.2 Å². The van der Waals surface area contributed by atoms with Crippen molar-refractivity contribution >= 4 is 5.97 Å². The van der Waals surface area contributed by atoms with Gasteiger partial charge in [0.1, 0.15) is 18.1 Å². The van der Waals surface area contributed by atoms with Crippen LogP contribution in [0.2, 0.25) is 0 Å². The summed E-state index contributed by atoms with van der Waals surface area (Å²) in [4.78, 5) is 11.6. The maximum Gasteiger partial charge on any atom is 0.308 e. The molecule has 0 aliphatic heterocycles. The first-order valence-corrected chi connectivity index (χ1v) is 11.2. The monoisotopic (exact) mass is 454 g/mol. The number of hydrogen-bond acceptors (Lipinski definition) is 7. The molecule has 1 rings (SSSR count). The van der Waals surface area contributed by atoms with E-state index in [0.717, 1.165) is 16.9 Å². The second kappa shape index (κ2) is 13.8. The molecule has 0 saturated heterocycles. The number of esters is 1. The topological polar surface area (TPSA) is 72.5 Å². The maximum absolute atomic E-state index is 11.6. The van der Waals surface area contributed by atoms with E-state index in [1.807, 2.05) is 12.1 Å². The van der Waals surface area contributed by atoms with Gasteiger partial charge in [-0.3, -0.25) is 4.79 Å². The summed E-state index contributed by atoms with van der Waals surface area (Å²) in [6.45, 7) is 18.1. The predicted octanol–water partition coefficient (Wildman–Crippen LogP) is 4.28. The standard InChI is InChI=1S/C25H42O7/c1-19(26)32-23-18-20(24(2,3)4)22(17-21(23)25(5,6)7)31-16-15-30-14-13-29-12-11-28-10-9-27-8/h17-18H,9-16H2,1-8H3. The lowest BCUT2D eigenvalue weighted by Crippen LogP contribution is -2.20.